The van der Waals surface area contributed by atoms with E-state index in [0.29, 0.717) is 29.1 Å². The van der Waals surface area contributed by atoms with Gasteiger partial charge in [0.2, 0.25) is 0 Å². The van der Waals surface area contributed by atoms with E-state index in [-0.39, 0.29) is 0 Å². The van der Waals surface area contributed by atoms with Crippen LogP contribution in [0.25, 0.3) is 0 Å². The summed E-state index contributed by atoms with van der Waals surface area (Å²) in [6.45, 7) is 6.61. The molecule has 4 nitrogen and oxygen atoms in total. The summed E-state index contributed by atoms with van der Waals surface area (Å²) in [4.78, 5) is 0. The average molecular weight is 266 g/mol. The first-order valence-electron chi connectivity index (χ1n) is 6.85. The van der Waals surface area contributed by atoms with Gasteiger partial charge in [-0.2, -0.15) is 0 Å². The van der Waals surface area contributed by atoms with E-state index < -0.39 is 0 Å². The fraction of sp³-hybridized carbons (Fsp3) is 0.600. The molecule has 0 saturated heterocycles. The average Bonchev–Trinajstić information content (AvgIpc) is 2.41. The van der Waals surface area contributed by atoms with Crippen LogP contribution in [0, 0.1) is 5.92 Å². The molecule has 0 aliphatic rings. The number of rotatable bonds is 7. The highest BCUT2D eigenvalue weighted by Gasteiger charge is 2.16. The van der Waals surface area contributed by atoms with Gasteiger partial charge in [-0.15, -0.1) is 0 Å². The molecule has 0 amide bonds. The fourth-order valence-electron chi connectivity index (χ4n) is 2.38. The molecule has 0 aliphatic carbocycles. The Hall–Kier alpha value is -1.58. The first-order valence-corrected chi connectivity index (χ1v) is 6.85. The number of methoxy groups -OCH3 is 2. The second-order valence-corrected chi connectivity index (χ2v) is 4.80. The summed E-state index contributed by atoms with van der Waals surface area (Å²) in [7, 11) is 3.24. The highest BCUT2D eigenvalue weighted by molar-refractivity contribution is 5.72. The quantitative estimate of drug-likeness (QED) is 0.741. The largest absolute Gasteiger partial charge is 0.493 e. The number of ether oxygens (including phenoxy) is 2. The summed E-state index contributed by atoms with van der Waals surface area (Å²) in [6, 6.07) is 4.06. The molecule has 19 heavy (non-hydrogen) atoms. The maximum atomic E-state index is 6.05. The molecule has 1 atom stereocenters. The highest BCUT2D eigenvalue weighted by Crippen LogP contribution is 2.35. The Labute approximate surface area is 116 Å². The first-order chi connectivity index (χ1) is 9.07. The molecule has 1 aromatic carbocycles. The van der Waals surface area contributed by atoms with Crippen molar-refractivity contribution in [1.82, 2.24) is 0 Å². The predicted molar refractivity (Wildman–Crippen MR) is 81.1 cm³/mol. The molecule has 1 aromatic rings. The van der Waals surface area contributed by atoms with Gasteiger partial charge in [0, 0.05) is 18.2 Å². The van der Waals surface area contributed by atoms with Gasteiger partial charge in [-0.25, -0.2) is 0 Å². The van der Waals surface area contributed by atoms with E-state index in [2.05, 4.69) is 26.1 Å². The lowest BCUT2D eigenvalue weighted by molar-refractivity contribution is 0.355. The normalized spacial score (nSPS) is 12.3. The minimum Gasteiger partial charge on any atom is -0.493 e. The standard InChI is InChI=1S/C15H26N2O2/c1-6-11(7-2)10(3)17-13-9-15(19-5)14(18-4)8-12(13)16/h8-11,17H,6-7,16H2,1-5H3. The maximum absolute atomic E-state index is 6.05. The first kappa shape index (κ1) is 15.5. The van der Waals surface area contributed by atoms with Gasteiger partial charge in [-0.1, -0.05) is 26.7 Å². The molecule has 0 heterocycles. The van der Waals surface area contributed by atoms with Crippen molar-refractivity contribution in [3.8, 4) is 11.5 Å². The number of benzene rings is 1. The molecule has 108 valence electrons. The lowest BCUT2D eigenvalue weighted by atomic mass is 9.95. The lowest BCUT2D eigenvalue weighted by Gasteiger charge is -2.25. The monoisotopic (exact) mass is 266 g/mol. The van der Waals surface area contributed by atoms with E-state index in [9.17, 15) is 0 Å². The van der Waals surface area contributed by atoms with Gasteiger partial charge in [0.15, 0.2) is 11.5 Å². The zero-order valence-electron chi connectivity index (χ0n) is 12.6. The van der Waals surface area contributed by atoms with E-state index in [1.807, 2.05) is 6.07 Å². The van der Waals surface area contributed by atoms with Crippen molar-refractivity contribution in [2.24, 2.45) is 5.92 Å². The van der Waals surface area contributed by atoms with E-state index in [4.69, 9.17) is 15.2 Å². The molecule has 3 N–H and O–H groups in total. The summed E-state index contributed by atoms with van der Waals surface area (Å²) in [6.07, 6.45) is 2.30. The van der Waals surface area contributed by atoms with Crippen LogP contribution >= 0.6 is 0 Å². The summed E-state index contributed by atoms with van der Waals surface area (Å²) in [5.74, 6) is 1.98. The summed E-state index contributed by atoms with van der Waals surface area (Å²) >= 11 is 0. The highest BCUT2D eigenvalue weighted by atomic mass is 16.5. The van der Waals surface area contributed by atoms with Crippen molar-refractivity contribution in [3.63, 3.8) is 0 Å². The van der Waals surface area contributed by atoms with E-state index >= 15 is 0 Å². The Morgan fingerprint density at radius 2 is 1.63 bits per heavy atom. The molecule has 4 heteroatoms. The molecule has 0 radical (unpaired) electrons. The molecule has 0 aliphatic heterocycles. The van der Waals surface area contributed by atoms with Gasteiger partial charge in [-0.3, -0.25) is 0 Å². The molecule has 0 aromatic heterocycles. The minimum absolute atomic E-state index is 0.371. The van der Waals surface area contributed by atoms with Crippen LogP contribution in [0.5, 0.6) is 11.5 Å². The van der Waals surface area contributed by atoms with Gasteiger partial charge < -0.3 is 20.5 Å². The third kappa shape index (κ3) is 3.69. The second-order valence-electron chi connectivity index (χ2n) is 4.80. The van der Waals surface area contributed by atoms with Gasteiger partial charge >= 0.3 is 0 Å². The van der Waals surface area contributed by atoms with Crippen LogP contribution < -0.4 is 20.5 Å². The second kappa shape index (κ2) is 7.12. The van der Waals surface area contributed by atoms with Crippen LogP contribution in [-0.4, -0.2) is 20.3 Å². The number of hydrogen-bond donors (Lipinski definition) is 2. The van der Waals surface area contributed by atoms with Crippen LogP contribution in [0.4, 0.5) is 11.4 Å². The van der Waals surface area contributed by atoms with Gasteiger partial charge in [0.25, 0.3) is 0 Å². The van der Waals surface area contributed by atoms with Crippen LogP contribution in [0.2, 0.25) is 0 Å². The zero-order valence-corrected chi connectivity index (χ0v) is 12.6. The van der Waals surface area contributed by atoms with E-state index in [1.165, 1.54) is 0 Å². The predicted octanol–water partition coefficient (Wildman–Crippen LogP) is 3.52. The molecule has 0 fully saturated rings. The van der Waals surface area contributed by atoms with Crippen LogP contribution in [0.15, 0.2) is 12.1 Å². The van der Waals surface area contributed by atoms with E-state index in [0.717, 1.165) is 18.5 Å². The third-order valence-corrected chi connectivity index (χ3v) is 3.69. The Kier molecular flexibility index (Phi) is 5.80. The smallest absolute Gasteiger partial charge is 0.162 e. The molecule has 1 unspecified atom stereocenters. The van der Waals surface area contributed by atoms with Crippen LogP contribution in [-0.2, 0) is 0 Å². The topological polar surface area (TPSA) is 56.5 Å². The number of anilines is 2. The van der Waals surface area contributed by atoms with Crippen molar-refractivity contribution in [2.75, 3.05) is 25.3 Å². The molecule has 1 rings (SSSR count). The summed E-state index contributed by atoms with van der Waals surface area (Å²) < 4.78 is 10.5. The third-order valence-electron chi connectivity index (χ3n) is 3.69. The summed E-state index contributed by atoms with van der Waals surface area (Å²) in [5.41, 5.74) is 7.63. The zero-order chi connectivity index (χ0) is 14.4. The molecule has 0 saturated carbocycles. The molecule has 0 spiro atoms. The Morgan fingerprint density at radius 1 is 1.11 bits per heavy atom. The van der Waals surface area contributed by atoms with Crippen LogP contribution in [0.1, 0.15) is 33.6 Å². The summed E-state index contributed by atoms with van der Waals surface area (Å²) in [5, 5.41) is 3.48. The van der Waals surface area contributed by atoms with Crippen molar-refractivity contribution in [1.29, 1.82) is 0 Å². The van der Waals surface area contributed by atoms with Gasteiger partial charge in [0.1, 0.15) is 0 Å². The SMILES string of the molecule is CCC(CC)C(C)Nc1cc(OC)c(OC)cc1N. The van der Waals surface area contributed by atoms with Crippen molar-refractivity contribution in [2.45, 2.75) is 39.7 Å². The molecular formula is C15H26N2O2. The van der Waals surface area contributed by atoms with Crippen LogP contribution in [0.3, 0.4) is 0 Å². The van der Waals surface area contributed by atoms with E-state index in [1.54, 1.807) is 20.3 Å². The number of nitrogens with two attached hydrogens (primary N) is 1. The van der Waals surface area contributed by atoms with Crippen molar-refractivity contribution < 1.29 is 9.47 Å². The molecular weight excluding hydrogens is 240 g/mol. The van der Waals surface area contributed by atoms with Crippen molar-refractivity contribution >= 4 is 11.4 Å². The number of nitrogen functional groups attached to an aromatic ring is 1. The molecule has 0 bridgehead atoms. The minimum atomic E-state index is 0.371. The van der Waals surface area contributed by atoms with Gasteiger partial charge in [0.05, 0.1) is 25.6 Å². The fourth-order valence-corrected chi connectivity index (χ4v) is 2.38. The Balaban J connectivity index is 2.95. The number of hydrogen-bond acceptors (Lipinski definition) is 4. The lowest BCUT2D eigenvalue weighted by Crippen LogP contribution is -2.25. The maximum Gasteiger partial charge on any atom is 0.162 e. The van der Waals surface area contributed by atoms with Crippen molar-refractivity contribution in [3.05, 3.63) is 12.1 Å². The Bertz CT molecular complexity index is 403. The number of nitrogens with one attached hydrogen (secondary N) is 1. The van der Waals surface area contributed by atoms with Gasteiger partial charge in [-0.05, 0) is 12.8 Å². The Morgan fingerprint density at radius 3 is 2.11 bits per heavy atom.